The fourth-order valence-electron chi connectivity index (χ4n) is 2.47. The van der Waals surface area contributed by atoms with Gasteiger partial charge in [-0.3, -0.25) is 0 Å². The third-order valence-electron chi connectivity index (χ3n) is 3.66. The monoisotopic (exact) mass is 264 g/mol. The van der Waals surface area contributed by atoms with Crippen LogP contribution >= 0.6 is 0 Å². The molecular formula is C19H20O. The van der Waals surface area contributed by atoms with E-state index in [4.69, 9.17) is 4.74 Å². The second kappa shape index (κ2) is 5.54. The molecule has 1 heteroatoms. The molecule has 3 aromatic rings. The van der Waals surface area contributed by atoms with Crippen molar-refractivity contribution in [1.82, 2.24) is 0 Å². The third-order valence-corrected chi connectivity index (χ3v) is 3.66. The van der Waals surface area contributed by atoms with Crippen molar-refractivity contribution < 1.29 is 4.74 Å². The average molecular weight is 264 g/mol. The SMILES string of the molecule is CC(C)CCOc1cccc2cc3ccccc3cc12. The van der Waals surface area contributed by atoms with E-state index in [1.807, 2.05) is 0 Å². The van der Waals surface area contributed by atoms with Crippen molar-refractivity contribution in [2.24, 2.45) is 5.92 Å². The molecule has 0 fully saturated rings. The van der Waals surface area contributed by atoms with Gasteiger partial charge in [-0.2, -0.15) is 0 Å². The molecule has 0 aliphatic rings. The van der Waals surface area contributed by atoms with E-state index in [0.29, 0.717) is 5.92 Å². The molecule has 0 aromatic heterocycles. The Morgan fingerprint density at radius 2 is 1.55 bits per heavy atom. The summed E-state index contributed by atoms with van der Waals surface area (Å²) in [6.45, 7) is 5.23. The highest BCUT2D eigenvalue weighted by Crippen LogP contribution is 2.30. The summed E-state index contributed by atoms with van der Waals surface area (Å²) < 4.78 is 5.98. The predicted octanol–water partition coefficient (Wildman–Crippen LogP) is 5.42. The number of benzene rings is 3. The van der Waals surface area contributed by atoms with Crippen LogP contribution in [0.15, 0.2) is 54.6 Å². The van der Waals surface area contributed by atoms with Crippen molar-refractivity contribution in [3.05, 3.63) is 54.6 Å². The molecule has 1 nitrogen and oxygen atoms in total. The van der Waals surface area contributed by atoms with Gasteiger partial charge in [0.2, 0.25) is 0 Å². The van der Waals surface area contributed by atoms with E-state index in [0.717, 1.165) is 18.8 Å². The molecule has 0 heterocycles. The maximum atomic E-state index is 5.98. The predicted molar refractivity (Wildman–Crippen MR) is 86.4 cm³/mol. The Balaban J connectivity index is 2.01. The molecule has 3 rings (SSSR count). The standard InChI is InChI=1S/C19H20O/c1-14(2)10-11-20-19-9-5-8-17-12-15-6-3-4-7-16(15)13-18(17)19/h3-9,12-14H,10-11H2,1-2H3. The van der Waals surface area contributed by atoms with Crippen molar-refractivity contribution in [2.45, 2.75) is 20.3 Å². The Hall–Kier alpha value is -2.02. The molecule has 0 amide bonds. The van der Waals surface area contributed by atoms with E-state index in [1.54, 1.807) is 0 Å². The largest absolute Gasteiger partial charge is 0.493 e. The van der Waals surface area contributed by atoms with Gasteiger partial charge >= 0.3 is 0 Å². The fourth-order valence-corrected chi connectivity index (χ4v) is 2.47. The molecule has 0 spiro atoms. The van der Waals surface area contributed by atoms with E-state index in [1.165, 1.54) is 21.5 Å². The normalized spacial score (nSPS) is 11.3. The molecular weight excluding hydrogens is 244 g/mol. The number of hydrogen-bond acceptors (Lipinski definition) is 1. The molecule has 0 N–H and O–H groups in total. The summed E-state index contributed by atoms with van der Waals surface area (Å²) in [5, 5.41) is 4.99. The zero-order valence-electron chi connectivity index (χ0n) is 12.1. The maximum Gasteiger partial charge on any atom is 0.127 e. The van der Waals surface area contributed by atoms with E-state index in [-0.39, 0.29) is 0 Å². The van der Waals surface area contributed by atoms with Gasteiger partial charge in [-0.05, 0) is 46.7 Å². The van der Waals surface area contributed by atoms with Crippen LogP contribution in [0.1, 0.15) is 20.3 Å². The Labute approximate surface area is 120 Å². The zero-order valence-corrected chi connectivity index (χ0v) is 12.1. The summed E-state index contributed by atoms with van der Waals surface area (Å²) in [7, 11) is 0. The summed E-state index contributed by atoms with van der Waals surface area (Å²) in [6.07, 6.45) is 1.09. The van der Waals surface area contributed by atoms with Gasteiger partial charge in [0.05, 0.1) is 6.61 Å². The van der Waals surface area contributed by atoms with Crippen LogP contribution < -0.4 is 4.74 Å². The smallest absolute Gasteiger partial charge is 0.127 e. The van der Waals surface area contributed by atoms with Crippen molar-refractivity contribution in [3.8, 4) is 5.75 Å². The quantitative estimate of drug-likeness (QED) is 0.572. The Morgan fingerprint density at radius 3 is 2.30 bits per heavy atom. The molecule has 0 saturated carbocycles. The van der Waals surface area contributed by atoms with Crippen LogP contribution in [0.5, 0.6) is 5.75 Å². The number of ether oxygens (including phenoxy) is 1. The van der Waals surface area contributed by atoms with Gasteiger partial charge in [0.15, 0.2) is 0 Å². The first-order chi connectivity index (χ1) is 9.74. The van der Waals surface area contributed by atoms with E-state index >= 15 is 0 Å². The molecule has 0 aliphatic heterocycles. The summed E-state index contributed by atoms with van der Waals surface area (Å²) in [4.78, 5) is 0. The van der Waals surface area contributed by atoms with Gasteiger partial charge in [-0.1, -0.05) is 50.2 Å². The molecule has 0 bridgehead atoms. The Kier molecular flexibility index (Phi) is 3.60. The lowest BCUT2D eigenvalue weighted by Crippen LogP contribution is -2.01. The minimum Gasteiger partial charge on any atom is -0.493 e. The Morgan fingerprint density at radius 1 is 0.850 bits per heavy atom. The van der Waals surface area contributed by atoms with Crippen molar-refractivity contribution in [2.75, 3.05) is 6.61 Å². The van der Waals surface area contributed by atoms with Crippen LogP contribution in [0.3, 0.4) is 0 Å². The summed E-state index contributed by atoms with van der Waals surface area (Å²) in [6, 6.07) is 19.2. The van der Waals surface area contributed by atoms with Crippen molar-refractivity contribution in [3.63, 3.8) is 0 Å². The van der Waals surface area contributed by atoms with Crippen LogP contribution in [0, 0.1) is 5.92 Å². The summed E-state index contributed by atoms with van der Waals surface area (Å²) in [5.74, 6) is 1.67. The molecule has 0 saturated heterocycles. The van der Waals surface area contributed by atoms with Crippen LogP contribution in [0.4, 0.5) is 0 Å². The average Bonchev–Trinajstić information content (AvgIpc) is 2.45. The van der Waals surface area contributed by atoms with Gasteiger partial charge in [-0.15, -0.1) is 0 Å². The zero-order chi connectivity index (χ0) is 13.9. The molecule has 0 atom stereocenters. The van der Waals surface area contributed by atoms with Crippen molar-refractivity contribution >= 4 is 21.5 Å². The number of hydrogen-bond donors (Lipinski definition) is 0. The maximum absolute atomic E-state index is 5.98. The van der Waals surface area contributed by atoms with Gasteiger partial charge in [0, 0.05) is 5.39 Å². The van der Waals surface area contributed by atoms with Crippen molar-refractivity contribution in [1.29, 1.82) is 0 Å². The summed E-state index contributed by atoms with van der Waals surface area (Å²) in [5.41, 5.74) is 0. The molecule has 102 valence electrons. The van der Waals surface area contributed by atoms with Gasteiger partial charge < -0.3 is 4.74 Å². The summed E-state index contributed by atoms with van der Waals surface area (Å²) >= 11 is 0. The second-order valence-corrected chi connectivity index (χ2v) is 5.71. The third kappa shape index (κ3) is 2.62. The van der Waals surface area contributed by atoms with Gasteiger partial charge in [-0.25, -0.2) is 0 Å². The van der Waals surface area contributed by atoms with Crippen LogP contribution in [-0.4, -0.2) is 6.61 Å². The lowest BCUT2D eigenvalue weighted by Gasteiger charge is -2.11. The highest BCUT2D eigenvalue weighted by molar-refractivity contribution is 6.00. The number of fused-ring (bicyclic) bond motifs is 2. The molecule has 0 aliphatic carbocycles. The van der Waals surface area contributed by atoms with E-state index < -0.39 is 0 Å². The highest BCUT2D eigenvalue weighted by Gasteiger charge is 2.04. The second-order valence-electron chi connectivity index (χ2n) is 5.71. The highest BCUT2D eigenvalue weighted by atomic mass is 16.5. The number of rotatable bonds is 4. The first kappa shape index (κ1) is 13.0. The molecule has 20 heavy (non-hydrogen) atoms. The lowest BCUT2D eigenvalue weighted by molar-refractivity contribution is 0.292. The topological polar surface area (TPSA) is 9.23 Å². The Bertz CT molecular complexity index is 728. The lowest BCUT2D eigenvalue weighted by atomic mass is 10.0. The van der Waals surface area contributed by atoms with Crippen LogP contribution in [0.2, 0.25) is 0 Å². The molecule has 0 radical (unpaired) electrons. The van der Waals surface area contributed by atoms with Crippen LogP contribution in [0.25, 0.3) is 21.5 Å². The molecule has 0 unspecified atom stereocenters. The van der Waals surface area contributed by atoms with Gasteiger partial charge in [0.1, 0.15) is 5.75 Å². The molecule has 3 aromatic carbocycles. The first-order valence-corrected chi connectivity index (χ1v) is 7.28. The first-order valence-electron chi connectivity index (χ1n) is 7.28. The van der Waals surface area contributed by atoms with E-state index in [9.17, 15) is 0 Å². The minimum atomic E-state index is 0.672. The van der Waals surface area contributed by atoms with Crippen LogP contribution in [-0.2, 0) is 0 Å². The van der Waals surface area contributed by atoms with E-state index in [2.05, 4.69) is 68.4 Å². The minimum absolute atomic E-state index is 0.672. The van der Waals surface area contributed by atoms with Gasteiger partial charge in [0.25, 0.3) is 0 Å². The fraction of sp³-hybridized carbons (Fsp3) is 0.263.